The number of hydrogen-bond acceptors (Lipinski definition) is 3. The van der Waals surface area contributed by atoms with Crippen molar-refractivity contribution in [2.45, 2.75) is 19.6 Å². The molecule has 0 aromatic carbocycles. The van der Waals surface area contributed by atoms with Crippen molar-refractivity contribution < 1.29 is 9.47 Å². The lowest BCUT2D eigenvalue weighted by Gasteiger charge is -2.48. The molecule has 2 heterocycles. The summed E-state index contributed by atoms with van der Waals surface area (Å²) >= 11 is 0. The average Bonchev–Trinajstić information content (AvgIpc) is 1.84. The molecule has 0 aromatic heterocycles. The molecule has 2 aliphatic heterocycles. The molecule has 0 atom stereocenters. The second-order valence-electron chi connectivity index (χ2n) is 4.26. The Hall–Kier alpha value is -0.120. The van der Waals surface area contributed by atoms with Gasteiger partial charge in [-0.15, -0.1) is 0 Å². The van der Waals surface area contributed by atoms with Crippen molar-refractivity contribution in [1.29, 1.82) is 0 Å². The van der Waals surface area contributed by atoms with E-state index in [-0.39, 0.29) is 11.2 Å². The highest BCUT2D eigenvalue weighted by Gasteiger charge is 2.45. The zero-order chi connectivity index (χ0) is 7.95. The van der Waals surface area contributed by atoms with Crippen LogP contribution in [-0.4, -0.2) is 32.1 Å². The molecule has 2 aliphatic rings. The summed E-state index contributed by atoms with van der Waals surface area (Å²) < 4.78 is 11.3. The maximum absolute atomic E-state index is 5.63. The van der Waals surface area contributed by atoms with E-state index in [1.54, 1.807) is 0 Å². The van der Waals surface area contributed by atoms with Crippen LogP contribution in [0, 0.1) is 5.41 Å². The molecule has 0 amide bonds. The minimum Gasteiger partial charge on any atom is -0.347 e. The molecule has 1 N–H and O–H groups in total. The third-order valence-corrected chi connectivity index (χ3v) is 2.24. The summed E-state index contributed by atoms with van der Waals surface area (Å²) in [6, 6.07) is 0. The predicted octanol–water partition coefficient (Wildman–Crippen LogP) is 0.359. The molecule has 11 heavy (non-hydrogen) atoms. The van der Waals surface area contributed by atoms with E-state index in [1.165, 1.54) is 0 Å². The van der Waals surface area contributed by atoms with E-state index >= 15 is 0 Å². The van der Waals surface area contributed by atoms with Gasteiger partial charge >= 0.3 is 0 Å². The van der Waals surface area contributed by atoms with Crippen LogP contribution in [0.2, 0.25) is 0 Å². The summed E-state index contributed by atoms with van der Waals surface area (Å²) in [4.78, 5) is 0. The molecule has 0 saturated carbocycles. The summed E-state index contributed by atoms with van der Waals surface area (Å²) in [7, 11) is 0. The Balaban J connectivity index is 1.94. The fourth-order valence-corrected chi connectivity index (χ4v) is 1.27. The molecule has 2 saturated heterocycles. The lowest BCUT2D eigenvalue weighted by molar-refractivity contribution is -0.316. The largest absolute Gasteiger partial charge is 0.347 e. The van der Waals surface area contributed by atoms with Gasteiger partial charge < -0.3 is 14.8 Å². The summed E-state index contributed by atoms with van der Waals surface area (Å²) in [5.41, 5.74) is 0.195. The van der Waals surface area contributed by atoms with Crippen LogP contribution in [0.1, 0.15) is 13.8 Å². The number of nitrogens with one attached hydrogen (secondary N) is 1. The maximum Gasteiger partial charge on any atom is 0.193 e. The quantitative estimate of drug-likeness (QED) is 0.550. The Morgan fingerprint density at radius 3 is 2.00 bits per heavy atom. The van der Waals surface area contributed by atoms with Crippen LogP contribution in [0.15, 0.2) is 0 Å². The van der Waals surface area contributed by atoms with Crippen molar-refractivity contribution >= 4 is 0 Å². The standard InChI is InChI=1S/C8H15NO2/c1-7(2)5-10-8(11-6-7)3-9-4-8/h9H,3-6H2,1-2H3. The Labute approximate surface area is 67.1 Å². The van der Waals surface area contributed by atoms with Crippen LogP contribution in [0.3, 0.4) is 0 Å². The summed E-state index contributed by atoms with van der Waals surface area (Å²) in [5, 5.41) is 3.15. The first-order valence-electron chi connectivity index (χ1n) is 4.11. The minimum absolute atomic E-state index is 0.195. The van der Waals surface area contributed by atoms with E-state index in [9.17, 15) is 0 Å². The van der Waals surface area contributed by atoms with Gasteiger partial charge in [0.15, 0.2) is 5.79 Å². The average molecular weight is 157 g/mol. The van der Waals surface area contributed by atoms with Gasteiger partial charge in [0.05, 0.1) is 26.3 Å². The van der Waals surface area contributed by atoms with Gasteiger partial charge in [-0.05, 0) is 0 Å². The van der Waals surface area contributed by atoms with Crippen LogP contribution in [0.25, 0.3) is 0 Å². The Bertz CT molecular complexity index is 151. The second-order valence-corrected chi connectivity index (χ2v) is 4.26. The second kappa shape index (κ2) is 2.19. The number of hydrogen-bond donors (Lipinski definition) is 1. The first-order chi connectivity index (χ1) is 5.12. The Morgan fingerprint density at radius 2 is 1.64 bits per heavy atom. The lowest BCUT2D eigenvalue weighted by Crippen LogP contribution is -2.66. The zero-order valence-corrected chi connectivity index (χ0v) is 7.14. The SMILES string of the molecule is CC1(C)COC2(CNC2)OC1. The first-order valence-corrected chi connectivity index (χ1v) is 4.11. The molecule has 1 spiro atoms. The zero-order valence-electron chi connectivity index (χ0n) is 7.14. The maximum atomic E-state index is 5.63. The molecule has 3 nitrogen and oxygen atoms in total. The molecule has 64 valence electrons. The molecule has 3 heteroatoms. The van der Waals surface area contributed by atoms with Crippen LogP contribution >= 0.6 is 0 Å². The lowest BCUT2D eigenvalue weighted by atomic mass is 9.94. The van der Waals surface area contributed by atoms with Gasteiger partial charge in [0.25, 0.3) is 0 Å². The van der Waals surface area contributed by atoms with Crippen LogP contribution in [0.4, 0.5) is 0 Å². The molecule has 0 bridgehead atoms. The van der Waals surface area contributed by atoms with Gasteiger partial charge in [-0.25, -0.2) is 0 Å². The van der Waals surface area contributed by atoms with Crippen molar-refractivity contribution in [3.05, 3.63) is 0 Å². The van der Waals surface area contributed by atoms with E-state index in [4.69, 9.17) is 9.47 Å². The fourth-order valence-electron chi connectivity index (χ4n) is 1.27. The van der Waals surface area contributed by atoms with Crippen molar-refractivity contribution in [3.63, 3.8) is 0 Å². The van der Waals surface area contributed by atoms with Crippen LogP contribution in [0.5, 0.6) is 0 Å². The van der Waals surface area contributed by atoms with Crippen LogP contribution in [-0.2, 0) is 9.47 Å². The molecule has 0 aromatic rings. The normalized spacial score (nSPS) is 33.3. The Morgan fingerprint density at radius 1 is 1.09 bits per heavy atom. The van der Waals surface area contributed by atoms with Gasteiger partial charge in [-0.1, -0.05) is 13.8 Å². The smallest absolute Gasteiger partial charge is 0.193 e. The third kappa shape index (κ3) is 1.28. The van der Waals surface area contributed by atoms with E-state index in [0.717, 1.165) is 26.3 Å². The van der Waals surface area contributed by atoms with Gasteiger partial charge in [-0.3, -0.25) is 0 Å². The molecular weight excluding hydrogens is 142 g/mol. The first kappa shape index (κ1) is 7.53. The van der Waals surface area contributed by atoms with E-state index in [1.807, 2.05) is 0 Å². The molecule has 2 fully saturated rings. The molecule has 0 unspecified atom stereocenters. The summed E-state index contributed by atoms with van der Waals surface area (Å²) in [6.45, 7) is 7.65. The fraction of sp³-hybridized carbons (Fsp3) is 1.00. The van der Waals surface area contributed by atoms with Crippen molar-refractivity contribution in [2.24, 2.45) is 5.41 Å². The topological polar surface area (TPSA) is 30.5 Å². The van der Waals surface area contributed by atoms with Gasteiger partial charge in [0, 0.05) is 5.41 Å². The summed E-state index contributed by atoms with van der Waals surface area (Å²) in [5.74, 6) is -0.254. The molecular formula is C8H15NO2. The van der Waals surface area contributed by atoms with Gasteiger partial charge in [0.2, 0.25) is 0 Å². The minimum atomic E-state index is -0.254. The van der Waals surface area contributed by atoms with E-state index in [2.05, 4.69) is 19.2 Å². The Kier molecular flexibility index (Phi) is 1.50. The highest BCUT2D eigenvalue weighted by atomic mass is 16.7. The van der Waals surface area contributed by atoms with Crippen molar-refractivity contribution in [2.75, 3.05) is 26.3 Å². The van der Waals surface area contributed by atoms with E-state index < -0.39 is 0 Å². The third-order valence-electron chi connectivity index (χ3n) is 2.24. The number of rotatable bonds is 0. The van der Waals surface area contributed by atoms with Crippen molar-refractivity contribution in [1.82, 2.24) is 5.32 Å². The van der Waals surface area contributed by atoms with Gasteiger partial charge in [-0.2, -0.15) is 0 Å². The molecule has 0 radical (unpaired) electrons. The highest BCUT2D eigenvalue weighted by molar-refractivity contribution is 4.90. The summed E-state index contributed by atoms with van der Waals surface area (Å²) in [6.07, 6.45) is 0. The van der Waals surface area contributed by atoms with Crippen LogP contribution < -0.4 is 5.32 Å². The predicted molar refractivity (Wildman–Crippen MR) is 41.3 cm³/mol. The van der Waals surface area contributed by atoms with Gasteiger partial charge in [0.1, 0.15) is 0 Å². The van der Waals surface area contributed by atoms with E-state index in [0.29, 0.717) is 0 Å². The molecule has 2 rings (SSSR count). The van der Waals surface area contributed by atoms with Crippen molar-refractivity contribution in [3.8, 4) is 0 Å². The number of ether oxygens (including phenoxy) is 2. The monoisotopic (exact) mass is 157 g/mol. The highest BCUT2D eigenvalue weighted by Crippen LogP contribution is 2.31. The molecule has 0 aliphatic carbocycles.